The Hall–Kier alpha value is -2.70. The maximum Gasteiger partial charge on any atom is 0.331 e. The van der Waals surface area contributed by atoms with Gasteiger partial charge in [-0.1, -0.05) is 12.1 Å². The van der Waals surface area contributed by atoms with Gasteiger partial charge in [-0.15, -0.1) is 0 Å². The Labute approximate surface area is 139 Å². The highest BCUT2D eigenvalue weighted by atomic mass is 19.1. The summed E-state index contributed by atoms with van der Waals surface area (Å²) in [7, 11) is 0. The molecule has 7 heteroatoms. The van der Waals surface area contributed by atoms with Crippen molar-refractivity contribution in [3.8, 4) is 0 Å². The lowest BCUT2D eigenvalue weighted by molar-refractivity contribution is -0.151. The Morgan fingerprint density at radius 3 is 2.83 bits per heavy atom. The molecule has 1 aromatic rings. The first-order valence-electron chi connectivity index (χ1n) is 7.66. The van der Waals surface area contributed by atoms with Gasteiger partial charge in [-0.25, -0.2) is 9.18 Å². The first kappa shape index (κ1) is 17.7. The number of nitrogens with zero attached hydrogens (tertiary/aromatic N) is 1. The predicted molar refractivity (Wildman–Crippen MR) is 84.9 cm³/mol. The number of amides is 2. The zero-order chi connectivity index (χ0) is 17.5. The van der Waals surface area contributed by atoms with Crippen molar-refractivity contribution in [3.63, 3.8) is 0 Å². The molecule has 1 aliphatic rings. The molecular formula is C17H19FN2O4. The summed E-state index contributed by atoms with van der Waals surface area (Å²) in [5, 5.41) is 0. The highest BCUT2D eigenvalue weighted by Gasteiger charge is 2.30. The number of ether oxygens (including phenoxy) is 1. The highest BCUT2D eigenvalue weighted by Crippen LogP contribution is 2.17. The fourth-order valence-electron chi connectivity index (χ4n) is 2.56. The summed E-state index contributed by atoms with van der Waals surface area (Å²) in [5.74, 6) is -2.14. The molecule has 0 spiro atoms. The third-order valence-corrected chi connectivity index (χ3v) is 3.75. The summed E-state index contributed by atoms with van der Waals surface area (Å²) < 4.78 is 17.9. The van der Waals surface area contributed by atoms with E-state index in [4.69, 9.17) is 10.5 Å². The van der Waals surface area contributed by atoms with Crippen molar-refractivity contribution in [2.45, 2.75) is 25.3 Å². The molecule has 0 bridgehead atoms. The molecule has 1 heterocycles. The number of rotatable bonds is 5. The second kappa shape index (κ2) is 8.24. The van der Waals surface area contributed by atoms with Gasteiger partial charge in [0.25, 0.3) is 5.91 Å². The van der Waals surface area contributed by atoms with Crippen LogP contribution in [0.5, 0.6) is 0 Å². The SMILES string of the molecule is NC(=O)[C@H]1CCCCN1C(=O)COC(=O)/C=C/c1cccc(F)c1. The second-order valence-corrected chi connectivity index (χ2v) is 5.50. The van der Waals surface area contributed by atoms with Gasteiger partial charge in [0.05, 0.1) is 0 Å². The fraction of sp³-hybridized carbons (Fsp3) is 0.353. The number of likely N-dealkylation sites (tertiary alicyclic amines) is 1. The number of nitrogens with two attached hydrogens (primary N) is 1. The number of benzene rings is 1. The molecule has 1 saturated heterocycles. The number of carbonyl (C=O) groups excluding carboxylic acids is 3. The van der Waals surface area contributed by atoms with Crippen molar-refractivity contribution < 1.29 is 23.5 Å². The largest absolute Gasteiger partial charge is 0.452 e. The van der Waals surface area contributed by atoms with Gasteiger partial charge in [0, 0.05) is 12.6 Å². The van der Waals surface area contributed by atoms with Crippen LogP contribution >= 0.6 is 0 Å². The van der Waals surface area contributed by atoms with E-state index in [0.29, 0.717) is 18.5 Å². The van der Waals surface area contributed by atoms with Crippen molar-refractivity contribution in [1.82, 2.24) is 4.90 Å². The molecule has 2 N–H and O–H groups in total. The topological polar surface area (TPSA) is 89.7 Å². The van der Waals surface area contributed by atoms with Gasteiger partial charge in [-0.2, -0.15) is 0 Å². The van der Waals surface area contributed by atoms with E-state index in [1.54, 1.807) is 6.07 Å². The lowest BCUT2D eigenvalue weighted by Gasteiger charge is -2.33. The van der Waals surface area contributed by atoms with E-state index < -0.39 is 36.2 Å². The van der Waals surface area contributed by atoms with E-state index in [0.717, 1.165) is 18.9 Å². The zero-order valence-corrected chi connectivity index (χ0v) is 13.1. The Balaban J connectivity index is 1.86. The molecule has 1 fully saturated rings. The van der Waals surface area contributed by atoms with E-state index in [2.05, 4.69) is 0 Å². The van der Waals surface area contributed by atoms with Crippen LogP contribution in [0.15, 0.2) is 30.3 Å². The summed E-state index contributed by atoms with van der Waals surface area (Å²) in [5.41, 5.74) is 5.80. The Morgan fingerprint density at radius 2 is 2.12 bits per heavy atom. The lowest BCUT2D eigenvalue weighted by atomic mass is 10.0. The standard InChI is InChI=1S/C17H19FN2O4/c18-13-5-3-4-12(10-13)7-8-16(22)24-11-15(21)20-9-2-1-6-14(20)17(19)23/h3-5,7-8,10,14H,1-2,6,9,11H2,(H2,19,23)/b8-7+/t14-/m1/s1. The number of esters is 1. The van der Waals surface area contributed by atoms with Crippen molar-refractivity contribution in [3.05, 3.63) is 41.7 Å². The Bertz CT molecular complexity index is 660. The molecule has 1 aromatic carbocycles. The number of hydrogen-bond acceptors (Lipinski definition) is 4. The number of carbonyl (C=O) groups is 3. The zero-order valence-electron chi connectivity index (χ0n) is 13.1. The van der Waals surface area contributed by atoms with Crippen LogP contribution in [0, 0.1) is 5.82 Å². The van der Waals surface area contributed by atoms with Crippen LogP contribution < -0.4 is 5.73 Å². The van der Waals surface area contributed by atoms with Crippen LogP contribution in [0.3, 0.4) is 0 Å². The molecule has 2 rings (SSSR count). The predicted octanol–water partition coefficient (Wildman–Crippen LogP) is 1.25. The number of primary amides is 1. The fourth-order valence-corrected chi connectivity index (χ4v) is 2.56. The molecule has 128 valence electrons. The lowest BCUT2D eigenvalue weighted by Crippen LogP contribution is -2.51. The molecule has 0 saturated carbocycles. The summed E-state index contributed by atoms with van der Waals surface area (Å²) in [6.45, 7) is -0.0424. The van der Waals surface area contributed by atoms with Gasteiger partial charge in [0.2, 0.25) is 5.91 Å². The van der Waals surface area contributed by atoms with Crippen LogP contribution in [0.25, 0.3) is 6.08 Å². The third kappa shape index (κ3) is 4.91. The molecule has 0 unspecified atom stereocenters. The average Bonchev–Trinajstić information content (AvgIpc) is 2.58. The molecule has 0 aliphatic carbocycles. The number of hydrogen-bond donors (Lipinski definition) is 1. The van der Waals surface area contributed by atoms with Gasteiger partial charge in [-0.3, -0.25) is 9.59 Å². The molecule has 2 amide bonds. The minimum absolute atomic E-state index is 0.414. The highest BCUT2D eigenvalue weighted by molar-refractivity contribution is 5.91. The summed E-state index contributed by atoms with van der Waals surface area (Å²) >= 11 is 0. The van der Waals surface area contributed by atoms with E-state index in [9.17, 15) is 18.8 Å². The molecular weight excluding hydrogens is 315 g/mol. The Kier molecular flexibility index (Phi) is 6.06. The molecule has 1 atom stereocenters. The maximum atomic E-state index is 13.0. The van der Waals surface area contributed by atoms with Crippen LogP contribution in [-0.2, 0) is 19.1 Å². The molecule has 1 aliphatic heterocycles. The normalized spacial score (nSPS) is 17.7. The second-order valence-electron chi connectivity index (χ2n) is 5.50. The first-order chi connectivity index (χ1) is 11.5. The summed E-state index contributed by atoms with van der Waals surface area (Å²) in [6, 6.07) is 5.06. The molecule has 24 heavy (non-hydrogen) atoms. The smallest absolute Gasteiger partial charge is 0.331 e. The number of piperidine rings is 1. The van der Waals surface area contributed by atoms with Gasteiger partial charge in [0.1, 0.15) is 11.9 Å². The average molecular weight is 334 g/mol. The van der Waals surface area contributed by atoms with E-state index in [-0.39, 0.29) is 0 Å². The summed E-state index contributed by atoms with van der Waals surface area (Å²) in [4.78, 5) is 36.5. The number of halogens is 1. The first-order valence-corrected chi connectivity index (χ1v) is 7.66. The van der Waals surface area contributed by atoms with Gasteiger partial charge >= 0.3 is 5.97 Å². The van der Waals surface area contributed by atoms with Crippen molar-refractivity contribution in [1.29, 1.82) is 0 Å². The minimum Gasteiger partial charge on any atom is -0.452 e. The maximum absolute atomic E-state index is 13.0. The third-order valence-electron chi connectivity index (χ3n) is 3.75. The monoisotopic (exact) mass is 334 g/mol. The van der Waals surface area contributed by atoms with Crippen molar-refractivity contribution >= 4 is 23.9 Å². The minimum atomic E-state index is -0.722. The van der Waals surface area contributed by atoms with Crippen LogP contribution in [-0.4, -0.2) is 41.9 Å². The van der Waals surface area contributed by atoms with Gasteiger partial charge < -0.3 is 15.4 Å². The molecule has 0 radical (unpaired) electrons. The van der Waals surface area contributed by atoms with Gasteiger partial charge in [0.15, 0.2) is 6.61 Å². The summed E-state index contributed by atoms with van der Waals surface area (Å²) in [6.07, 6.45) is 4.64. The van der Waals surface area contributed by atoms with Crippen LogP contribution in [0.4, 0.5) is 4.39 Å². The van der Waals surface area contributed by atoms with Crippen molar-refractivity contribution in [2.24, 2.45) is 5.73 Å². The van der Waals surface area contributed by atoms with E-state index in [1.165, 1.54) is 29.2 Å². The Morgan fingerprint density at radius 1 is 1.33 bits per heavy atom. The molecule has 6 nitrogen and oxygen atoms in total. The molecule has 0 aromatic heterocycles. The van der Waals surface area contributed by atoms with Crippen LogP contribution in [0.1, 0.15) is 24.8 Å². The van der Waals surface area contributed by atoms with Crippen LogP contribution in [0.2, 0.25) is 0 Å². The van der Waals surface area contributed by atoms with E-state index >= 15 is 0 Å². The van der Waals surface area contributed by atoms with E-state index in [1.807, 2.05) is 0 Å². The van der Waals surface area contributed by atoms with Crippen molar-refractivity contribution in [2.75, 3.05) is 13.2 Å². The quantitative estimate of drug-likeness (QED) is 0.648. The van der Waals surface area contributed by atoms with Gasteiger partial charge in [-0.05, 0) is 43.0 Å².